The molecule has 27 heteroatoms. The van der Waals surface area contributed by atoms with Crippen molar-refractivity contribution in [2.45, 2.75) is 82.1 Å². The van der Waals surface area contributed by atoms with Crippen LogP contribution >= 0.6 is 0 Å². The van der Waals surface area contributed by atoms with Gasteiger partial charge in [0, 0.05) is 52.2 Å². The highest BCUT2D eigenvalue weighted by Crippen LogP contribution is 2.22. The van der Waals surface area contributed by atoms with Crippen molar-refractivity contribution in [3.63, 3.8) is 0 Å². The molecular formula is C69H114BN9O17. The molecule has 26 N–H and O–H groups in total. The number of hydrogen-bond donors (Lipinski definition) is 19. The summed E-state index contributed by atoms with van der Waals surface area (Å²) in [7, 11) is -1.67. The molecule has 0 spiro atoms. The Morgan fingerprint density at radius 1 is 0.385 bits per heavy atom. The van der Waals surface area contributed by atoms with E-state index in [1.807, 2.05) is 12.1 Å². The molecule has 0 fully saturated rings. The van der Waals surface area contributed by atoms with Gasteiger partial charge in [0.25, 0.3) is 25.7 Å². The standard InChI is InChI=1S/C24H27N3O4.C13H21N3O2.C11H8O3.C7H6O3.C6H17N3.2C2H6O.4CH4.BH3O.2H2O/c28-21-8-5-17(6-9-21)23(30)26-13-1-11-25-12-2-14-27-24(31)20-4-3-19-16-22(29)10-7-18(19)15-20;14-7-1-8-15-9-2-10-16-13(18)11-3-5-12(17)6-4-11;12-10-4-3-7-5-9(11(13)14)2-1-8(7)6-10;8-6-3-1-5(2-4-6)7(9)10;7-3-1-5-9-6-2-4-8;2*1-2-3;;;;;1-2;;/h3-10,15-16,25,28-29H,1-2,11-14H2,(H,26,30)(H,27,31);3-6,15,17H,1-2,7-10,14H2,(H,16,18);1-6,12H,(H,13,14);1-4,8H,(H,9,10);9H,1-8H2;2*3H,2H2,1H3;4*1H4;2H,1H2;2*1H2/i;;;;;;;;;;;1TD;;. The number of phenols is 5. The first kappa shape index (κ1) is 95.7. The van der Waals surface area contributed by atoms with E-state index in [2.05, 4.69) is 31.9 Å². The molecule has 540 valence electrons. The Bertz CT molecular complexity index is 3120. The normalized spacial score (nSPS) is 9.46. The summed E-state index contributed by atoms with van der Waals surface area (Å²) in [5, 5.41) is 107. The maximum absolute atomic E-state index is 12.3. The lowest BCUT2D eigenvalue weighted by Crippen LogP contribution is -2.29. The second kappa shape index (κ2) is 64.7. The van der Waals surface area contributed by atoms with Crippen LogP contribution in [-0.4, -0.2) is 194 Å². The monoisotopic (exact) mass is 1350 g/mol. The van der Waals surface area contributed by atoms with Gasteiger partial charge in [0.1, 0.15) is 28.7 Å². The van der Waals surface area contributed by atoms with Gasteiger partial charge in [0.15, 0.2) is 0 Å². The lowest BCUT2D eigenvalue weighted by atomic mass is 10.1. The van der Waals surface area contributed by atoms with Crippen LogP contribution in [0.1, 0.15) is 134 Å². The molecule has 0 saturated carbocycles. The number of phenolic OH excluding ortho intramolecular Hbond substituents is 5. The van der Waals surface area contributed by atoms with Crippen molar-refractivity contribution in [2.24, 2.45) is 17.2 Å². The fraction of sp³-hybridized carbons (Fsp3) is 0.377. The number of nitrogens with one attached hydrogen (secondary N) is 6. The van der Waals surface area contributed by atoms with Crippen LogP contribution in [-0.2, 0) is 0 Å². The molecule has 0 aliphatic carbocycles. The van der Waals surface area contributed by atoms with Gasteiger partial charge in [0.05, 0.1) is 11.1 Å². The Kier molecular flexibility index (Phi) is 64.5. The summed E-state index contributed by atoms with van der Waals surface area (Å²) < 4.78 is 11.6. The van der Waals surface area contributed by atoms with Crippen LogP contribution in [0.15, 0.2) is 146 Å². The maximum atomic E-state index is 12.3. The third-order valence-corrected chi connectivity index (χ3v) is 11.7. The zero-order valence-corrected chi connectivity index (χ0v) is 52.3. The molecular weight excluding hydrogens is 1240 g/mol. The van der Waals surface area contributed by atoms with Gasteiger partial charge in [-0.3, -0.25) is 14.4 Å². The molecule has 0 aromatic heterocycles. The molecule has 26 nitrogen and oxygen atoms in total. The van der Waals surface area contributed by atoms with Crippen molar-refractivity contribution >= 4 is 59.2 Å². The summed E-state index contributed by atoms with van der Waals surface area (Å²) in [4.78, 5) is 56.8. The van der Waals surface area contributed by atoms with Gasteiger partial charge >= 0.3 is 11.9 Å². The number of carbonyl (C=O) groups is 5. The molecule has 0 unspecified atom stereocenters. The summed E-state index contributed by atoms with van der Waals surface area (Å²) in [5.74, 6) is -1.56. The molecule has 7 aromatic carbocycles. The number of carboxylic acid groups (broad SMARTS) is 2. The predicted octanol–water partition coefficient (Wildman–Crippen LogP) is 5.26. The minimum absolute atomic E-state index is 0. The largest absolute Gasteiger partial charge is 0.508 e. The Hall–Kier alpha value is -8.97. The van der Waals surface area contributed by atoms with Gasteiger partial charge in [-0.05, 0) is 254 Å². The van der Waals surface area contributed by atoms with Gasteiger partial charge in [0.2, 0.25) is 0 Å². The fourth-order valence-electron chi connectivity index (χ4n) is 7.18. The smallest absolute Gasteiger partial charge is 0.335 e. The molecule has 0 aliphatic heterocycles. The third-order valence-electron chi connectivity index (χ3n) is 11.7. The number of fused-ring (bicyclic) bond motifs is 2. The number of carbonyl (C=O) groups excluding carboxylic acids is 3. The van der Waals surface area contributed by atoms with E-state index in [1.165, 1.54) is 60.7 Å². The summed E-state index contributed by atoms with van der Waals surface area (Å²) in [5.41, 5.74) is 18.0. The van der Waals surface area contributed by atoms with Gasteiger partial charge < -0.3 is 111 Å². The Balaban J connectivity index is -0.000000214. The first-order valence-corrected chi connectivity index (χ1v) is 29.2. The van der Waals surface area contributed by atoms with Crippen LogP contribution in [0.5, 0.6) is 28.7 Å². The van der Waals surface area contributed by atoms with Crippen molar-refractivity contribution in [1.82, 2.24) is 31.9 Å². The van der Waals surface area contributed by atoms with Gasteiger partial charge in [-0.25, -0.2) is 9.59 Å². The molecule has 3 amide bonds. The lowest BCUT2D eigenvalue weighted by Gasteiger charge is -2.08. The highest BCUT2D eigenvalue weighted by Gasteiger charge is 2.09. The van der Waals surface area contributed by atoms with Crippen molar-refractivity contribution in [2.75, 3.05) is 91.8 Å². The average molecular weight is 1360 g/mol. The predicted molar refractivity (Wildman–Crippen MR) is 390 cm³/mol. The number of rotatable bonds is 26. The number of benzene rings is 7. The second-order valence-electron chi connectivity index (χ2n) is 18.9. The highest BCUT2D eigenvalue weighted by atomic mass is 16.4. The van der Waals surface area contributed by atoms with E-state index < -0.39 is 19.9 Å². The molecule has 0 heterocycles. The zero-order chi connectivity index (χ0) is 68.9. The van der Waals surface area contributed by atoms with Crippen LogP contribution in [0.4, 0.5) is 0 Å². The average Bonchev–Trinajstić information content (AvgIpc) is 0.836. The number of aromatic hydroxyl groups is 5. The Labute approximate surface area is 570 Å². The van der Waals surface area contributed by atoms with Crippen LogP contribution in [0.25, 0.3) is 21.5 Å². The molecule has 0 atom stereocenters. The van der Waals surface area contributed by atoms with Crippen molar-refractivity contribution in [3.05, 3.63) is 173 Å². The highest BCUT2D eigenvalue weighted by molar-refractivity contribution is 5.99. The van der Waals surface area contributed by atoms with Crippen LogP contribution in [0, 0.1) is 0 Å². The zero-order valence-electron chi connectivity index (χ0n) is 54.3. The maximum Gasteiger partial charge on any atom is 0.335 e. The topological polar surface area (TPSA) is 501 Å². The van der Waals surface area contributed by atoms with Crippen LogP contribution in [0.3, 0.4) is 0 Å². The van der Waals surface area contributed by atoms with E-state index in [0.29, 0.717) is 42.9 Å². The SMILES string of the molecule is C.C.C.C.CCO.CCO.NCCCNCCCN.NCCCNCCCNC(=O)c1ccc(O)cc1.O.O.O=C(NCCCNCCCNC(=O)c1ccc2cc(O)ccc2c1)c1ccc(O)cc1.O=C(O)c1ccc(O)cc1.O=C(O)c1ccc2cc(O)ccc2c1.[2H]B([3H])O. The minimum Gasteiger partial charge on any atom is -0.508 e. The first-order chi connectivity index (χ1) is 44.1. The molecule has 0 saturated heterocycles. The molecule has 0 bridgehead atoms. The third kappa shape index (κ3) is 47.8. The number of amides is 3. The van der Waals surface area contributed by atoms with Crippen molar-refractivity contribution < 1.29 is 85.9 Å². The number of carboxylic acids is 2. The fourth-order valence-corrected chi connectivity index (χ4v) is 7.18. The second-order valence-corrected chi connectivity index (χ2v) is 18.9. The van der Waals surface area contributed by atoms with Crippen LogP contribution in [0.2, 0.25) is 0 Å². The van der Waals surface area contributed by atoms with E-state index in [9.17, 15) is 39.3 Å². The molecule has 0 radical (unpaired) electrons. The van der Waals surface area contributed by atoms with E-state index >= 15 is 0 Å². The van der Waals surface area contributed by atoms with Crippen LogP contribution < -0.4 is 49.1 Å². The van der Waals surface area contributed by atoms with Crippen molar-refractivity contribution in [3.8, 4) is 28.7 Å². The quantitative estimate of drug-likeness (QED) is 0.0243. The minimum atomic E-state index is -1.67. The number of nitrogens with two attached hydrogens (primary N) is 3. The lowest BCUT2D eigenvalue weighted by molar-refractivity contribution is 0.0686. The van der Waals surface area contributed by atoms with E-state index in [0.717, 1.165) is 112 Å². The molecule has 7 rings (SSSR count). The van der Waals surface area contributed by atoms with E-state index in [4.69, 9.17) is 55.5 Å². The Morgan fingerprint density at radius 2 is 0.604 bits per heavy atom. The van der Waals surface area contributed by atoms with E-state index in [-0.39, 0.29) is 111 Å². The number of aliphatic hydroxyl groups excluding tert-OH is 2. The number of aromatic carboxylic acids is 2. The van der Waals surface area contributed by atoms with E-state index in [1.54, 1.807) is 86.6 Å². The Morgan fingerprint density at radius 3 is 0.896 bits per heavy atom. The summed E-state index contributed by atoms with van der Waals surface area (Å²) >= 11 is 0. The van der Waals surface area contributed by atoms with Gasteiger partial charge in [-0.2, -0.15) is 0 Å². The van der Waals surface area contributed by atoms with Gasteiger partial charge in [-0.1, -0.05) is 54.0 Å². The molecule has 7 aromatic rings. The first-order valence-electron chi connectivity index (χ1n) is 30.4. The summed E-state index contributed by atoms with van der Waals surface area (Å²) in [6.45, 7) is 13.2. The van der Waals surface area contributed by atoms with Gasteiger partial charge in [-0.15, -0.1) is 0 Å². The summed E-state index contributed by atoms with van der Waals surface area (Å²) in [6.07, 6.45) is 5.57. The molecule has 96 heavy (non-hydrogen) atoms. The number of aliphatic hydroxyl groups is 2. The van der Waals surface area contributed by atoms with Crippen molar-refractivity contribution in [1.29, 1.82) is 2.67 Å². The summed E-state index contributed by atoms with van der Waals surface area (Å²) in [6, 6.07) is 37.8. The number of hydrogen-bond acceptors (Lipinski definition) is 19. The molecule has 0 aliphatic rings.